The number of sulfonamides is 1. The van der Waals surface area contributed by atoms with Gasteiger partial charge in [-0.3, -0.25) is 4.72 Å². The Bertz CT molecular complexity index is 1670. The van der Waals surface area contributed by atoms with Crippen molar-refractivity contribution in [1.29, 1.82) is 0 Å². The van der Waals surface area contributed by atoms with Crippen LogP contribution >= 0.6 is 0 Å². The van der Waals surface area contributed by atoms with Crippen molar-refractivity contribution in [2.24, 2.45) is 0 Å². The summed E-state index contributed by atoms with van der Waals surface area (Å²) in [7, 11) is -2.64. The molecule has 0 fully saturated rings. The van der Waals surface area contributed by atoms with Crippen LogP contribution in [0.1, 0.15) is 31.9 Å². The van der Waals surface area contributed by atoms with E-state index in [0.29, 0.717) is 30.9 Å². The van der Waals surface area contributed by atoms with Gasteiger partial charge in [-0.05, 0) is 79.4 Å². The molecule has 0 bridgehead atoms. The van der Waals surface area contributed by atoms with Crippen LogP contribution in [0.15, 0.2) is 102 Å². The number of alkyl carbamates (subject to hydrolysis) is 1. The van der Waals surface area contributed by atoms with Crippen LogP contribution in [0.4, 0.5) is 16.2 Å². The first-order valence-corrected chi connectivity index (χ1v) is 15.7. The molecule has 4 aromatic carbocycles. The summed E-state index contributed by atoms with van der Waals surface area (Å²) in [6.07, 6.45) is -0.502. The molecule has 0 saturated heterocycles. The van der Waals surface area contributed by atoms with Crippen LogP contribution in [0.3, 0.4) is 0 Å². The van der Waals surface area contributed by atoms with Gasteiger partial charge in [-0.1, -0.05) is 60.7 Å². The monoisotopic (exact) mass is 617 g/mol. The number of aliphatic hydroxyl groups excluding tert-OH is 1. The first kappa shape index (κ1) is 32.4. The van der Waals surface area contributed by atoms with E-state index in [0.717, 1.165) is 22.4 Å². The molecule has 10 heteroatoms. The van der Waals surface area contributed by atoms with Gasteiger partial charge in [0.15, 0.2) is 0 Å². The zero-order valence-electron chi connectivity index (χ0n) is 25.4. The molecule has 0 aliphatic rings. The summed E-state index contributed by atoms with van der Waals surface area (Å²) in [5, 5.41) is 12.3. The van der Waals surface area contributed by atoms with Crippen LogP contribution in [0.25, 0.3) is 11.1 Å². The summed E-state index contributed by atoms with van der Waals surface area (Å²) < 4.78 is 40.9. The van der Waals surface area contributed by atoms with Crippen molar-refractivity contribution in [3.8, 4) is 16.9 Å². The van der Waals surface area contributed by atoms with E-state index in [-0.39, 0.29) is 17.3 Å². The minimum atomic E-state index is -4.07. The number of nitrogens with zero attached hydrogens (tertiary/aromatic N) is 1. The number of nitrogens with one attached hydrogen (secondary N) is 2. The van der Waals surface area contributed by atoms with E-state index in [1.165, 1.54) is 7.11 Å². The fraction of sp³-hybridized carbons (Fsp3) is 0.265. The average molecular weight is 618 g/mol. The highest BCUT2D eigenvalue weighted by Crippen LogP contribution is 2.32. The number of carbonyl (C=O) groups excluding carboxylic acids is 1. The molecule has 0 radical (unpaired) electrons. The van der Waals surface area contributed by atoms with E-state index in [1.54, 1.807) is 63.2 Å². The number of aliphatic hydroxyl groups is 1. The number of hydrogen-bond acceptors (Lipinski definition) is 7. The molecule has 232 valence electrons. The summed E-state index contributed by atoms with van der Waals surface area (Å²) >= 11 is 0. The third-order valence-corrected chi connectivity index (χ3v) is 8.03. The summed E-state index contributed by atoms with van der Waals surface area (Å²) in [6, 6.07) is 29.2. The fourth-order valence-corrected chi connectivity index (χ4v) is 5.85. The van der Waals surface area contributed by atoms with Crippen LogP contribution in [-0.2, 0) is 27.9 Å². The lowest BCUT2D eigenvalue weighted by atomic mass is 10.0. The van der Waals surface area contributed by atoms with Crippen molar-refractivity contribution in [1.82, 2.24) is 5.32 Å². The first-order valence-electron chi connectivity index (χ1n) is 14.2. The normalized spacial score (nSPS) is 11.5. The van der Waals surface area contributed by atoms with Gasteiger partial charge in [0.1, 0.15) is 16.2 Å². The molecule has 0 spiro atoms. The average Bonchev–Trinajstić information content (AvgIpc) is 3.00. The number of benzene rings is 4. The van der Waals surface area contributed by atoms with Crippen LogP contribution < -0.4 is 19.7 Å². The molecule has 0 unspecified atom stereocenters. The third-order valence-electron chi connectivity index (χ3n) is 6.63. The number of carbonyl (C=O) groups is 1. The van der Waals surface area contributed by atoms with E-state index in [9.17, 15) is 18.3 Å². The molecule has 0 aliphatic carbocycles. The molecule has 0 aromatic heterocycles. The number of amides is 1. The van der Waals surface area contributed by atoms with Crippen LogP contribution in [0.5, 0.6) is 5.75 Å². The molecule has 9 nitrogen and oxygen atoms in total. The quantitative estimate of drug-likeness (QED) is 0.174. The van der Waals surface area contributed by atoms with Crippen molar-refractivity contribution in [3.05, 3.63) is 108 Å². The van der Waals surface area contributed by atoms with Gasteiger partial charge in [0.25, 0.3) is 10.0 Å². The molecule has 0 heterocycles. The van der Waals surface area contributed by atoms with E-state index < -0.39 is 21.7 Å². The van der Waals surface area contributed by atoms with Crippen molar-refractivity contribution in [3.63, 3.8) is 0 Å². The molecule has 3 N–H and O–H groups in total. The Balaban J connectivity index is 1.59. The predicted molar refractivity (Wildman–Crippen MR) is 173 cm³/mol. The number of anilines is 2. The van der Waals surface area contributed by atoms with Crippen LogP contribution in [0.2, 0.25) is 0 Å². The maximum Gasteiger partial charge on any atom is 0.407 e. The topological polar surface area (TPSA) is 117 Å². The molecule has 0 aliphatic heterocycles. The maximum atomic E-state index is 13.7. The molecule has 1 amide bonds. The van der Waals surface area contributed by atoms with Gasteiger partial charge in [-0.25, -0.2) is 13.2 Å². The Kier molecular flexibility index (Phi) is 10.5. The Morgan fingerprint density at radius 3 is 2.27 bits per heavy atom. The first-order chi connectivity index (χ1) is 21.0. The zero-order valence-corrected chi connectivity index (χ0v) is 26.2. The predicted octanol–water partition coefficient (Wildman–Crippen LogP) is 6.19. The van der Waals surface area contributed by atoms with Gasteiger partial charge in [-0.2, -0.15) is 0 Å². The Morgan fingerprint density at radius 2 is 1.57 bits per heavy atom. The second-order valence-electron chi connectivity index (χ2n) is 11.2. The number of ether oxygens (including phenoxy) is 2. The molecule has 0 atom stereocenters. The molecule has 4 rings (SSSR count). The summed E-state index contributed by atoms with van der Waals surface area (Å²) in [5.74, 6) is 0.203. The lowest BCUT2D eigenvalue weighted by Crippen LogP contribution is -2.38. The van der Waals surface area contributed by atoms with Gasteiger partial charge >= 0.3 is 6.09 Å². The highest BCUT2D eigenvalue weighted by Gasteiger charge is 2.22. The second-order valence-corrected chi connectivity index (χ2v) is 12.9. The van der Waals surface area contributed by atoms with Gasteiger partial charge in [-0.15, -0.1) is 0 Å². The fourth-order valence-electron chi connectivity index (χ4n) is 4.60. The molecule has 44 heavy (non-hydrogen) atoms. The summed E-state index contributed by atoms with van der Waals surface area (Å²) in [5.41, 5.74) is 3.75. The molecule has 0 saturated carbocycles. The largest absolute Gasteiger partial charge is 0.495 e. The molecular formula is C34H39N3O6S. The Hall–Kier alpha value is -4.54. The highest BCUT2D eigenvalue weighted by molar-refractivity contribution is 7.92. The van der Waals surface area contributed by atoms with Crippen LogP contribution in [-0.4, -0.2) is 45.4 Å². The molecular weight excluding hydrogens is 578 g/mol. The standard InChI is InChI=1S/C34H39N3O6S/c1-34(2,3)43-33(39)35-18-19-37(23-25-10-6-5-7-11-25)30-15-9-14-29(22-30)36-44(40,41)32-21-28(16-17-31(32)42-4)27-13-8-12-26(20-27)24-38/h5-17,20-22,36,38H,18-19,23-24H2,1-4H3,(H,35,39). The maximum absolute atomic E-state index is 13.7. The lowest BCUT2D eigenvalue weighted by molar-refractivity contribution is 0.0529. The van der Waals surface area contributed by atoms with Crippen molar-refractivity contribution in [2.75, 3.05) is 29.8 Å². The van der Waals surface area contributed by atoms with Gasteiger partial charge in [0, 0.05) is 25.3 Å². The van der Waals surface area contributed by atoms with E-state index >= 15 is 0 Å². The van der Waals surface area contributed by atoms with Crippen LogP contribution in [0, 0.1) is 0 Å². The van der Waals surface area contributed by atoms with Crippen molar-refractivity contribution < 1.29 is 27.8 Å². The smallest absolute Gasteiger partial charge is 0.407 e. The third kappa shape index (κ3) is 8.98. The van der Waals surface area contributed by atoms with Crippen molar-refractivity contribution >= 4 is 27.5 Å². The van der Waals surface area contributed by atoms with Crippen molar-refractivity contribution in [2.45, 2.75) is 44.4 Å². The number of hydrogen-bond donors (Lipinski definition) is 3. The minimum Gasteiger partial charge on any atom is -0.495 e. The zero-order chi connectivity index (χ0) is 31.7. The summed E-state index contributed by atoms with van der Waals surface area (Å²) in [6.45, 7) is 6.61. The SMILES string of the molecule is COc1ccc(-c2cccc(CO)c2)cc1S(=O)(=O)Nc1cccc(N(CCNC(=O)OC(C)(C)C)Cc2ccccc2)c1. The minimum absolute atomic E-state index is 0.0139. The lowest BCUT2D eigenvalue weighted by Gasteiger charge is -2.26. The van der Waals surface area contributed by atoms with Gasteiger partial charge in [0.05, 0.1) is 19.4 Å². The highest BCUT2D eigenvalue weighted by atomic mass is 32.2. The summed E-state index contributed by atoms with van der Waals surface area (Å²) in [4.78, 5) is 14.3. The van der Waals surface area contributed by atoms with E-state index in [1.807, 2.05) is 54.6 Å². The van der Waals surface area contributed by atoms with E-state index in [4.69, 9.17) is 9.47 Å². The Morgan fingerprint density at radius 1 is 0.864 bits per heavy atom. The Labute approximate surface area is 259 Å². The number of rotatable bonds is 12. The van der Waals surface area contributed by atoms with E-state index in [2.05, 4.69) is 14.9 Å². The molecule has 4 aromatic rings. The second kappa shape index (κ2) is 14.3. The van der Waals surface area contributed by atoms with Gasteiger partial charge < -0.3 is 24.8 Å². The van der Waals surface area contributed by atoms with Gasteiger partial charge in [0.2, 0.25) is 0 Å². The number of methoxy groups -OCH3 is 1.